The number of carbonyl (C=O) groups excluding carboxylic acids is 3. The zero-order valence-electron chi connectivity index (χ0n) is 48.4. The molecule has 0 aliphatic rings. The van der Waals surface area contributed by atoms with E-state index in [1.165, 1.54) is 180 Å². The van der Waals surface area contributed by atoms with Crippen LogP contribution in [0.4, 0.5) is 0 Å². The van der Waals surface area contributed by atoms with Crippen LogP contribution in [0.25, 0.3) is 0 Å². The van der Waals surface area contributed by atoms with Gasteiger partial charge in [0, 0.05) is 19.3 Å². The molecule has 0 rings (SSSR count). The number of carbonyl (C=O) groups is 3. The van der Waals surface area contributed by atoms with E-state index in [2.05, 4.69) is 93.7 Å². The molecule has 0 radical (unpaired) electrons. The van der Waals surface area contributed by atoms with Crippen molar-refractivity contribution in [2.24, 2.45) is 0 Å². The second-order valence-corrected chi connectivity index (χ2v) is 20.9. The van der Waals surface area contributed by atoms with E-state index in [4.69, 9.17) is 14.2 Å². The number of ether oxygens (including phenoxy) is 3. The minimum Gasteiger partial charge on any atom is -0.462 e. The van der Waals surface area contributed by atoms with Crippen LogP contribution >= 0.6 is 0 Å². The lowest BCUT2D eigenvalue weighted by molar-refractivity contribution is -0.167. The summed E-state index contributed by atoms with van der Waals surface area (Å²) >= 11 is 0. The topological polar surface area (TPSA) is 78.9 Å². The molecule has 0 bridgehead atoms. The van der Waals surface area contributed by atoms with Crippen molar-refractivity contribution in [2.45, 2.75) is 322 Å². The molecule has 1 atom stereocenters. The third-order valence-electron chi connectivity index (χ3n) is 13.7. The molecule has 0 saturated carbocycles. The summed E-state index contributed by atoms with van der Waals surface area (Å²) in [6, 6.07) is 0. The van der Waals surface area contributed by atoms with Gasteiger partial charge in [-0.3, -0.25) is 14.4 Å². The van der Waals surface area contributed by atoms with Crippen LogP contribution in [0, 0.1) is 0 Å². The minimum absolute atomic E-state index is 0.0893. The summed E-state index contributed by atoms with van der Waals surface area (Å²) in [7, 11) is 0. The summed E-state index contributed by atoms with van der Waals surface area (Å²) in [6.45, 7) is 6.50. The van der Waals surface area contributed by atoms with E-state index in [9.17, 15) is 14.4 Å². The third-order valence-corrected chi connectivity index (χ3v) is 13.7. The molecule has 0 N–H and O–H groups in total. The Morgan fingerprint density at radius 3 is 0.890 bits per heavy atom. The van der Waals surface area contributed by atoms with Crippen LogP contribution in [0.15, 0.2) is 72.9 Å². The van der Waals surface area contributed by atoms with Gasteiger partial charge < -0.3 is 14.2 Å². The van der Waals surface area contributed by atoms with Gasteiger partial charge in [-0.05, 0) is 89.9 Å². The lowest BCUT2D eigenvalue weighted by Crippen LogP contribution is -2.30. The zero-order chi connectivity index (χ0) is 52.9. The maximum Gasteiger partial charge on any atom is 0.306 e. The highest BCUT2D eigenvalue weighted by Gasteiger charge is 2.19. The molecule has 422 valence electrons. The molecule has 0 aromatic heterocycles. The first-order valence-corrected chi connectivity index (χ1v) is 31.4. The molecular weight excluding hydrogens is 901 g/mol. The first-order valence-electron chi connectivity index (χ1n) is 31.4. The number of esters is 3. The smallest absolute Gasteiger partial charge is 0.306 e. The predicted molar refractivity (Wildman–Crippen MR) is 316 cm³/mol. The zero-order valence-corrected chi connectivity index (χ0v) is 48.4. The highest BCUT2D eigenvalue weighted by molar-refractivity contribution is 5.71. The van der Waals surface area contributed by atoms with Gasteiger partial charge >= 0.3 is 17.9 Å². The number of allylic oxidation sites excluding steroid dienone is 12. The molecule has 6 nitrogen and oxygen atoms in total. The van der Waals surface area contributed by atoms with Crippen molar-refractivity contribution in [1.29, 1.82) is 0 Å². The first-order chi connectivity index (χ1) is 36.0. The van der Waals surface area contributed by atoms with Crippen LogP contribution < -0.4 is 0 Å². The maximum atomic E-state index is 12.9. The quantitative estimate of drug-likeness (QED) is 0.0261. The summed E-state index contributed by atoms with van der Waals surface area (Å²) in [5, 5.41) is 0. The highest BCUT2D eigenvalue weighted by atomic mass is 16.6. The van der Waals surface area contributed by atoms with E-state index in [0.29, 0.717) is 19.3 Å². The van der Waals surface area contributed by atoms with Crippen LogP contribution in [0.2, 0.25) is 0 Å². The van der Waals surface area contributed by atoms with Crippen LogP contribution in [0.3, 0.4) is 0 Å². The Bertz CT molecular complexity index is 1360. The summed E-state index contributed by atoms with van der Waals surface area (Å²) in [5.74, 6) is -0.926. The Hall–Kier alpha value is -3.15. The van der Waals surface area contributed by atoms with Crippen LogP contribution in [-0.2, 0) is 28.6 Å². The second kappa shape index (κ2) is 61.4. The molecule has 0 aliphatic carbocycles. The normalized spacial score (nSPS) is 12.5. The highest BCUT2D eigenvalue weighted by Crippen LogP contribution is 2.17. The average molecular weight is 1020 g/mol. The number of hydrogen-bond donors (Lipinski definition) is 0. The van der Waals surface area contributed by atoms with Gasteiger partial charge in [-0.1, -0.05) is 280 Å². The summed E-state index contributed by atoms with van der Waals surface area (Å²) < 4.78 is 16.9. The standard InChI is InChI=1S/C67H118O6/c1-4-7-10-13-16-19-22-25-28-30-31-32-33-34-35-37-39-42-45-48-51-54-57-60-66(69)72-63-64(62-71-65(68)59-56-53-50-47-44-41-38-27-24-21-18-15-12-9-6-3)73-67(70)61-58-55-52-49-46-43-40-36-29-26-23-20-17-14-11-8-5-2/h9,12,17-18,20-21,26-27,29,38,44,47,64H,4-8,10-11,13-16,19,22-25,28,30-37,39-43,45-46,48-63H2,1-3H3/b12-9-,20-17-,21-18-,29-26-,38-27-,47-44-. The van der Waals surface area contributed by atoms with Gasteiger partial charge in [-0.25, -0.2) is 0 Å². The summed E-state index contributed by atoms with van der Waals surface area (Å²) in [4.78, 5) is 38.3. The fourth-order valence-corrected chi connectivity index (χ4v) is 9.00. The largest absolute Gasteiger partial charge is 0.462 e. The minimum atomic E-state index is -0.796. The van der Waals surface area contributed by atoms with E-state index in [1.807, 2.05) is 0 Å². The molecule has 0 fully saturated rings. The Morgan fingerprint density at radius 1 is 0.288 bits per heavy atom. The molecule has 73 heavy (non-hydrogen) atoms. The van der Waals surface area contributed by atoms with E-state index >= 15 is 0 Å². The first kappa shape index (κ1) is 69.8. The molecular formula is C67H118O6. The van der Waals surface area contributed by atoms with E-state index in [0.717, 1.165) is 96.3 Å². The fourth-order valence-electron chi connectivity index (χ4n) is 9.00. The fraction of sp³-hybridized carbons (Fsp3) is 0.776. The third kappa shape index (κ3) is 59.6. The number of rotatable bonds is 57. The maximum absolute atomic E-state index is 12.9. The van der Waals surface area contributed by atoms with Gasteiger partial charge in [0.1, 0.15) is 13.2 Å². The Balaban J connectivity index is 4.35. The Labute approximate surface area is 453 Å². The van der Waals surface area contributed by atoms with Gasteiger partial charge in [-0.2, -0.15) is 0 Å². The van der Waals surface area contributed by atoms with Crippen LogP contribution in [0.5, 0.6) is 0 Å². The molecule has 1 unspecified atom stereocenters. The summed E-state index contributed by atoms with van der Waals surface area (Å²) in [6.07, 6.45) is 79.1. The van der Waals surface area contributed by atoms with Crippen molar-refractivity contribution in [3.8, 4) is 0 Å². The van der Waals surface area contributed by atoms with Gasteiger partial charge in [0.25, 0.3) is 0 Å². The van der Waals surface area contributed by atoms with E-state index in [-0.39, 0.29) is 31.1 Å². The molecule has 0 aromatic carbocycles. The predicted octanol–water partition coefficient (Wildman–Crippen LogP) is 21.3. The molecule has 0 amide bonds. The number of hydrogen-bond acceptors (Lipinski definition) is 6. The molecule has 0 aromatic rings. The van der Waals surface area contributed by atoms with Gasteiger partial charge in [-0.15, -0.1) is 0 Å². The monoisotopic (exact) mass is 1020 g/mol. The van der Waals surface area contributed by atoms with E-state index in [1.54, 1.807) is 0 Å². The van der Waals surface area contributed by atoms with Gasteiger partial charge in [0.15, 0.2) is 6.10 Å². The Morgan fingerprint density at radius 2 is 0.534 bits per heavy atom. The van der Waals surface area contributed by atoms with Crippen molar-refractivity contribution in [3.63, 3.8) is 0 Å². The molecule has 0 spiro atoms. The van der Waals surface area contributed by atoms with Gasteiger partial charge in [0.05, 0.1) is 0 Å². The van der Waals surface area contributed by atoms with Crippen LogP contribution in [0.1, 0.15) is 316 Å². The van der Waals surface area contributed by atoms with Crippen molar-refractivity contribution < 1.29 is 28.6 Å². The SMILES string of the molecule is CC/C=C\C/C=C\C/C=C\C/C=C\CCCCC(=O)OCC(COC(=O)CCCCCCCCCCCCCCCCCCCCCCCCC)OC(=O)CCCCCCCCC/C=C\C/C=C\CCCCC. The molecule has 0 heterocycles. The molecule has 0 saturated heterocycles. The lowest BCUT2D eigenvalue weighted by Gasteiger charge is -2.18. The van der Waals surface area contributed by atoms with Gasteiger partial charge in [0.2, 0.25) is 0 Å². The molecule has 6 heteroatoms. The van der Waals surface area contributed by atoms with Crippen LogP contribution in [-0.4, -0.2) is 37.2 Å². The lowest BCUT2D eigenvalue weighted by atomic mass is 10.0. The Kier molecular flexibility index (Phi) is 58.7. The van der Waals surface area contributed by atoms with Crippen molar-refractivity contribution in [3.05, 3.63) is 72.9 Å². The van der Waals surface area contributed by atoms with Crippen molar-refractivity contribution >= 4 is 17.9 Å². The van der Waals surface area contributed by atoms with Crippen molar-refractivity contribution in [2.75, 3.05) is 13.2 Å². The summed E-state index contributed by atoms with van der Waals surface area (Å²) in [5.41, 5.74) is 0. The number of unbranched alkanes of at least 4 members (excludes halogenated alkanes) is 34. The second-order valence-electron chi connectivity index (χ2n) is 20.9. The van der Waals surface area contributed by atoms with E-state index < -0.39 is 6.10 Å². The molecule has 0 aliphatic heterocycles. The van der Waals surface area contributed by atoms with Crippen molar-refractivity contribution in [1.82, 2.24) is 0 Å². The average Bonchev–Trinajstić information content (AvgIpc) is 3.39.